The number of sulfone groups is 1. The molecule has 0 saturated carbocycles. The highest BCUT2D eigenvalue weighted by molar-refractivity contribution is 7.90. The maximum absolute atomic E-state index is 11.5. The van der Waals surface area contributed by atoms with Gasteiger partial charge in [-0.2, -0.15) is 5.10 Å². The maximum Gasteiger partial charge on any atom is 0.178 e. The molecule has 0 spiro atoms. The second-order valence-electron chi connectivity index (χ2n) is 4.35. The van der Waals surface area contributed by atoms with Gasteiger partial charge in [0.1, 0.15) is 4.90 Å². The Labute approximate surface area is 116 Å². The van der Waals surface area contributed by atoms with Gasteiger partial charge in [0.25, 0.3) is 0 Å². The largest absolute Gasteiger partial charge is 0.324 e. The summed E-state index contributed by atoms with van der Waals surface area (Å²) in [5.74, 6) is 0. The van der Waals surface area contributed by atoms with Crippen LogP contribution < -0.4 is 5.73 Å². The van der Waals surface area contributed by atoms with E-state index in [4.69, 9.17) is 17.3 Å². The number of hydrogen-bond acceptors (Lipinski definition) is 4. The summed E-state index contributed by atoms with van der Waals surface area (Å²) in [6.45, 7) is 1.81. The fourth-order valence-electron chi connectivity index (χ4n) is 1.81. The molecule has 7 heteroatoms. The van der Waals surface area contributed by atoms with E-state index in [0.717, 1.165) is 11.8 Å². The van der Waals surface area contributed by atoms with Crippen molar-refractivity contribution in [2.24, 2.45) is 5.73 Å². The molecule has 0 amide bonds. The minimum Gasteiger partial charge on any atom is -0.324 e. The minimum absolute atomic E-state index is 0.156. The molecule has 1 aromatic carbocycles. The molecule has 1 aromatic heterocycles. The summed E-state index contributed by atoms with van der Waals surface area (Å²) in [4.78, 5) is 0.156. The van der Waals surface area contributed by atoms with Gasteiger partial charge in [-0.3, -0.25) is 0 Å². The smallest absolute Gasteiger partial charge is 0.178 e. The third-order valence-electron chi connectivity index (χ3n) is 2.72. The van der Waals surface area contributed by atoms with Crippen molar-refractivity contribution in [2.45, 2.75) is 17.9 Å². The highest BCUT2D eigenvalue weighted by Gasteiger charge is 2.16. The first-order chi connectivity index (χ1) is 8.80. The summed E-state index contributed by atoms with van der Waals surface area (Å²) in [5, 5.41) is 4.59. The Hall–Kier alpha value is -1.37. The van der Waals surface area contributed by atoms with Crippen molar-refractivity contribution in [1.82, 2.24) is 9.78 Å². The topological polar surface area (TPSA) is 78.0 Å². The van der Waals surface area contributed by atoms with Crippen LogP contribution in [0, 0.1) is 0 Å². The molecule has 5 nitrogen and oxygen atoms in total. The molecule has 102 valence electrons. The molecular weight excluding hydrogens is 286 g/mol. The van der Waals surface area contributed by atoms with E-state index < -0.39 is 9.84 Å². The monoisotopic (exact) mass is 299 g/mol. The molecule has 0 unspecified atom stereocenters. The molecule has 19 heavy (non-hydrogen) atoms. The second-order valence-corrected chi connectivity index (χ2v) is 6.78. The Kier molecular flexibility index (Phi) is 3.66. The van der Waals surface area contributed by atoms with Gasteiger partial charge in [-0.25, -0.2) is 13.1 Å². The number of nitrogens with zero attached hydrogens (tertiary/aromatic N) is 2. The highest BCUT2D eigenvalue weighted by Crippen LogP contribution is 2.28. The van der Waals surface area contributed by atoms with Gasteiger partial charge in [-0.05, 0) is 19.1 Å². The molecule has 0 aliphatic heterocycles. The van der Waals surface area contributed by atoms with Crippen molar-refractivity contribution in [3.8, 4) is 5.69 Å². The lowest BCUT2D eigenvalue weighted by Crippen LogP contribution is -2.11. The Morgan fingerprint density at radius 3 is 2.63 bits per heavy atom. The SMILES string of the molecule is C[C@H](N)c1c(Cl)cccc1-n1cc(S(C)(=O)=O)cn1. The molecule has 1 heterocycles. The molecule has 2 rings (SSSR count). The average Bonchev–Trinajstić information content (AvgIpc) is 2.76. The molecule has 0 saturated heterocycles. The minimum atomic E-state index is -3.28. The summed E-state index contributed by atoms with van der Waals surface area (Å²) in [5.41, 5.74) is 7.31. The van der Waals surface area contributed by atoms with Crippen LogP contribution in [-0.2, 0) is 9.84 Å². The maximum atomic E-state index is 11.5. The van der Waals surface area contributed by atoms with Gasteiger partial charge in [0.05, 0.1) is 11.9 Å². The number of aromatic nitrogens is 2. The molecule has 1 atom stereocenters. The van der Waals surface area contributed by atoms with Crippen LogP contribution in [0.5, 0.6) is 0 Å². The van der Waals surface area contributed by atoms with Gasteiger partial charge in [-0.1, -0.05) is 17.7 Å². The van der Waals surface area contributed by atoms with Crippen LogP contribution in [0.2, 0.25) is 5.02 Å². The van der Waals surface area contributed by atoms with Crippen molar-refractivity contribution >= 4 is 21.4 Å². The summed E-state index contributed by atoms with van der Waals surface area (Å²) >= 11 is 6.13. The molecule has 2 aromatic rings. The van der Waals surface area contributed by atoms with Crippen molar-refractivity contribution in [1.29, 1.82) is 0 Å². The van der Waals surface area contributed by atoms with E-state index in [0.29, 0.717) is 10.7 Å². The van der Waals surface area contributed by atoms with E-state index in [-0.39, 0.29) is 10.9 Å². The zero-order valence-corrected chi connectivity index (χ0v) is 12.1. The first-order valence-electron chi connectivity index (χ1n) is 5.60. The Bertz CT molecular complexity index is 708. The lowest BCUT2D eigenvalue weighted by Gasteiger charge is -2.14. The highest BCUT2D eigenvalue weighted by atomic mass is 35.5. The zero-order valence-electron chi connectivity index (χ0n) is 10.5. The van der Waals surface area contributed by atoms with Gasteiger partial charge in [-0.15, -0.1) is 0 Å². The van der Waals surface area contributed by atoms with Crippen LogP contribution in [0.3, 0.4) is 0 Å². The van der Waals surface area contributed by atoms with E-state index >= 15 is 0 Å². The first-order valence-corrected chi connectivity index (χ1v) is 7.86. The quantitative estimate of drug-likeness (QED) is 0.939. The summed E-state index contributed by atoms with van der Waals surface area (Å²) in [7, 11) is -3.28. The van der Waals surface area contributed by atoms with Crippen LogP contribution in [0.4, 0.5) is 0 Å². The van der Waals surface area contributed by atoms with Crippen LogP contribution in [0.1, 0.15) is 18.5 Å². The third-order valence-corrected chi connectivity index (χ3v) is 4.12. The van der Waals surface area contributed by atoms with Gasteiger partial charge in [0, 0.05) is 29.1 Å². The van der Waals surface area contributed by atoms with Gasteiger partial charge in [0.15, 0.2) is 9.84 Å². The van der Waals surface area contributed by atoms with Crippen molar-refractivity contribution < 1.29 is 8.42 Å². The summed E-state index contributed by atoms with van der Waals surface area (Å²) in [6, 6.07) is 5.02. The fourth-order valence-corrected chi connectivity index (χ4v) is 2.68. The molecule has 2 N–H and O–H groups in total. The van der Waals surface area contributed by atoms with E-state index in [1.54, 1.807) is 18.2 Å². The fraction of sp³-hybridized carbons (Fsp3) is 0.250. The molecular formula is C12H14ClN3O2S. The summed E-state index contributed by atoms with van der Waals surface area (Å²) < 4.78 is 24.4. The van der Waals surface area contributed by atoms with Crippen LogP contribution in [0.25, 0.3) is 5.69 Å². The Morgan fingerprint density at radius 1 is 1.42 bits per heavy atom. The van der Waals surface area contributed by atoms with E-state index in [1.807, 2.05) is 6.92 Å². The second kappa shape index (κ2) is 4.96. The number of halogens is 1. The van der Waals surface area contributed by atoms with Gasteiger partial charge < -0.3 is 5.73 Å². The molecule has 0 bridgehead atoms. The van der Waals surface area contributed by atoms with Crippen molar-refractivity contribution in [2.75, 3.05) is 6.26 Å². The Balaban J connectivity index is 2.60. The van der Waals surface area contributed by atoms with Crippen LogP contribution in [-0.4, -0.2) is 24.5 Å². The molecule has 0 aliphatic carbocycles. The number of hydrogen-bond donors (Lipinski definition) is 1. The average molecular weight is 300 g/mol. The van der Waals surface area contributed by atoms with Crippen molar-refractivity contribution in [3.05, 3.63) is 41.2 Å². The van der Waals surface area contributed by atoms with Crippen LogP contribution >= 0.6 is 11.6 Å². The van der Waals surface area contributed by atoms with E-state index in [2.05, 4.69) is 5.10 Å². The lowest BCUT2D eigenvalue weighted by atomic mass is 10.1. The van der Waals surface area contributed by atoms with E-state index in [1.165, 1.54) is 17.1 Å². The predicted molar refractivity (Wildman–Crippen MR) is 74.3 cm³/mol. The number of rotatable bonds is 3. The van der Waals surface area contributed by atoms with E-state index in [9.17, 15) is 8.42 Å². The van der Waals surface area contributed by atoms with Gasteiger partial charge in [0.2, 0.25) is 0 Å². The number of nitrogens with two attached hydrogens (primary N) is 1. The van der Waals surface area contributed by atoms with Gasteiger partial charge >= 0.3 is 0 Å². The Morgan fingerprint density at radius 2 is 2.11 bits per heavy atom. The molecule has 0 aliphatic rings. The molecule has 0 radical (unpaired) electrons. The first kappa shape index (κ1) is 14.0. The predicted octanol–water partition coefficient (Wildman–Crippen LogP) is 1.95. The normalized spacial score (nSPS) is 13.5. The third kappa shape index (κ3) is 2.80. The number of benzene rings is 1. The standard InChI is InChI=1S/C12H14ClN3O2S/c1-8(14)12-10(13)4-3-5-11(12)16-7-9(6-15-16)19(2,17)18/h3-8H,14H2,1-2H3/t8-/m0/s1. The van der Waals surface area contributed by atoms with Crippen LogP contribution in [0.15, 0.2) is 35.5 Å². The lowest BCUT2D eigenvalue weighted by molar-refractivity contribution is 0.602. The van der Waals surface area contributed by atoms with Crippen molar-refractivity contribution in [3.63, 3.8) is 0 Å². The zero-order chi connectivity index (χ0) is 14.2. The molecule has 0 fully saturated rings. The summed E-state index contributed by atoms with van der Waals surface area (Å²) in [6.07, 6.45) is 3.90.